The van der Waals surface area contributed by atoms with Gasteiger partial charge < -0.3 is 15.1 Å². The highest BCUT2D eigenvalue weighted by Gasteiger charge is 2.22. The van der Waals surface area contributed by atoms with E-state index in [1.807, 2.05) is 19.0 Å². The van der Waals surface area contributed by atoms with Gasteiger partial charge >= 0.3 is 0 Å². The molecule has 1 N–H and O–H groups in total. The molecular formula is C13H18FN3O. The van der Waals surface area contributed by atoms with Gasteiger partial charge in [-0.1, -0.05) is 6.07 Å². The SMILES string of the molecule is CN(C)CCN1C(=O)CNCc2ccc(F)cc21. The van der Waals surface area contributed by atoms with Crippen LogP contribution in [0.1, 0.15) is 5.56 Å². The molecule has 0 aromatic heterocycles. The molecule has 98 valence electrons. The Hall–Kier alpha value is -1.46. The van der Waals surface area contributed by atoms with Gasteiger partial charge in [-0.3, -0.25) is 4.79 Å². The van der Waals surface area contributed by atoms with Crippen LogP contribution in [0.25, 0.3) is 0 Å². The van der Waals surface area contributed by atoms with Gasteiger partial charge in [0.25, 0.3) is 0 Å². The van der Waals surface area contributed by atoms with Crippen LogP contribution in [0.3, 0.4) is 0 Å². The van der Waals surface area contributed by atoms with E-state index in [9.17, 15) is 9.18 Å². The summed E-state index contributed by atoms with van der Waals surface area (Å²) >= 11 is 0. The molecule has 0 spiro atoms. The Balaban J connectivity index is 2.30. The average molecular weight is 251 g/mol. The zero-order valence-electron chi connectivity index (χ0n) is 10.7. The van der Waals surface area contributed by atoms with Crippen LogP contribution in [-0.4, -0.2) is 44.5 Å². The van der Waals surface area contributed by atoms with E-state index in [0.29, 0.717) is 25.3 Å². The molecule has 1 amide bonds. The van der Waals surface area contributed by atoms with Crippen molar-refractivity contribution in [1.29, 1.82) is 0 Å². The van der Waals surface area contributed by atoms with Crippen molar-refractivity contribution in [3.8, 4) is 0 Å². The summed E-state index contributed by atoms with van der Waals surface area (Å²) < 4.78 is 13.4. The van der Waals surface area contributed by atoms with Gasteiger partial charge in [-0.15, -0.1) is 0 Å². The normalized spacial score (nSPS) is 15.8. The molecule has 0 fully saturated rings. The Kier molecular flexibility index (Phi) is 3.93. The van der Waals surface area contributed by atoms with Gasteiger partial charge in [-0.05, 0) is 31.8 Å². The lowest BCUT2D eigenvalue weighted by Crippen LogP contribution is -2.39. The second-order valence-corrected chi connectivity index (χ2v) is 4.73. The molecule has 0 unspecified atom stereocenters. The number of carbonyl (C=O) groups is 1. The number of nitrogens with zero attached hydrogens (tertiary/aromatic N) is 2. The molecule has 1 aromatic carbocycles. The van der Waals surface area contributed by atoms with Crippen LogP contribution in [-0.2, 0) is 11.3 Å². The van der Waals surface area contributed by atoms with E-state index >= 15 is 0 Å². The first-order valence-electron chi connectivity index (χ1n) is 6.02. The maximum absolute atomic E-state index is 13.4. The Bertz CT molecular complexity index is 448. The maximum Gasteiger partial charge on any atom is 0.241 e. The van der Waals surface area contributed by atoms with Gasteiger partial charge in [-0.25, -0.2) is 4.39 Å². The second kappa shape index (κ2) is 5.46. The Labute approximate surface area is 106 Å². The Morgan fingerprint density at radius 1 is 1.39 bits per heavy atom. The van der Waals surface area contributed by atoms with Gasteiger partial charge in [0.15, 0.2) is 0 Å². The first-order chi connectivity index (χ1) is 8.58. The molecule has 1 heterocycles. The monoisotopic (exact) mass is 251 g/mol. The largest absolute Gasteiger partial charge is 0.310 e. The third-order valence-corrected chi connectivity index (χ3v) is 3.00. The third-order valence-electron chi connectivity index (χ3n) is 3.00. The van der Waals surface area contributed by atoms with Crippen LogP contribution < -0.4 is 10.2 Å². The molecule has 1 aromatic rings. The zero-order valence-corrected chi connectivity index (χ0v) is 10.7. The van der Waals surface area contributed by atoms with Crippen molar-refractivity contribution in [1.82, 2.24) is 10.2 Å². The van der Waals surface area contributed by atoms with E-state index in [1.54, 1.807) is 11.0 Å². The first-order valence-corrected chi connectivity index (χ1v) is 6.02. The number of carbonyl (C=O) groups excluding carboxylic acids is 1. The number of fused-ring (bicyclic) bond motifs is 1. The van der Waals surface area contributed by atoms with Crippen molar-refractivity contribution < 1.29 is 9.18 Å². The lowest BCUT2D eigenvalue weighted by Gasteiger charge is -2.24. The number of likely N-dealkylation sites (N-methyl/N-ethyl adjacent to an activating group) is 1. The minimum absolute atomic E-state index is 0.0128. The van der Waals surface area contributed by atoms with Crippen molar-refractivity contribution >= 4 is 11.6 Å². The fraction of sp³-hybridized carbons (Fsp3) is 0.462. The fourth-order valence-electron chi connectivity index (χ4n) is 2.02. The molecule has 4 nitrogen and oxygen atoms in total. The molecule has 0 saturated carbocycles. The van der Waals surface area contributed by atoms with E-state index in [0.717, 1.165) is 12.1 Å². The molecule has 1 aliphatic heterocycles. The molecule has 0 radical (unpaired) electrons. The van der Waals surface area contributed by atoms with E-state index in [1.165, 1.54) is 12.1 Å². The molecular weight excluding hydrogens is 233 g/mol. The predicted molar refractivity (Wildman–Crippen MR) is 69.0 cm³/mol. The summed E-state index contributed by atoms with van der Waals surface area (Å²) in [4.78, 5) is 15.7. The van der Waals surface area contributed by atoms with E-state index in [-0.39, 0.29) is 11.7 Å². The van der Waals surface area contributed by atoms with Crippen molar-refractivity contribution in [2.24, 2.45) is 0 Å². The van der Waals surface area contributed by atoms with Crippen molar-refractivity contribution in [3.63, 3.8) is 0 Å². The van der Waals surface area contributed by atoms with Crippen LogP contribution in [0, 0.1) is 5.82 Å². The van der Waals surface area contributed by atoms with Gasteiger partial charge in [0.2, 0.25) is 5.91 Å². The highest BCUT2D eigenvalue weighted by molar-refractivity contribution is 5.96. The summed E-state index contributed by atoms with van der Waals surface area (Å²) in [6, 6.07) is 4.61. The van der Waals surface area contributed by atoms with Gasteiger partial charge in [0.05, 0.1) is 12.2 Å². The molecule has 0 bridgehead atoms. The molecule has 5 heteroatoms. The summed E-state index contributed by atoms with van der Waals surface area (Å²) in [5, 5.41) is 3.06. The average Bonchev–Trinajstić information content (AvgIpc) is 2.45. The van der Waals surface area contributed by atoms with Gasteiger partial charge in [0.1, 0.15) is 5.82 Å². The van der Waals surface area contributed by atoms with E-state index < -0.39 is 0 Å². The zero-order chi connectivity index (χ0) is 13.1. The lowest BCUT2D eigenvalue weighted by molar-refractivity contribution is -0.117. The number of halogens is 1. The number of anilines is 1. The summed E-state index contributed by atoms with van der Waals surface area (Å²) in [6.45, 7) is 2.22. The molecule has 1 aliphatic rings. The number of amides is 1. The highest BCUT2D eigenvalue weighted by atomic mass is 19.1. The number of hydrogen-bond acceptors (Lipinski definition) is 3. The standard InChI is InChI=1S/C13H18FN3O/c1-16(2)5-6-17-12-7-11(14)4-3-10(12)8-15-9-13(17)18/h3-4,7,15H,5-6,8-9H2,1-2H3. The number of rotatable bonds is 3. The summed E-state index contributed by atoms with van der Waals surface area (Å²) in [7, 11) is 3.90. The molecule has 2 rings (SSSR count). The minimum atomic E-state index is -0.307. The van der Waals surface area contributed by atoms with Crippen molar-refractivity contribution in [2.75, 3.05) is 38.6 Å². The lowest BCUT2D eigenvalue weighted by atomic mass is 10.1. The van der Waals surface area contributed by atoms with Crippen molar-refractivity contribution in [3.05, 3.63) is 29.6 Å². The number of benzene rings is 1. The van der Waals surface area contributed by atoms with Crippen LogP contribution in [0.15, 0.2) is 18.2 Å². The molecule has 0 aliphatic carbocycles. The van der Waals surface area contributed by atoms with E-state index in [4.69, 9.17) is 0 Å². The predicted octanol–water partition coefficient (Wildman–Crippen LogP) is 0.824. The van der Waals surface area contributed by atoms with Crippen LogP contribution in [0.4, 0.5) is 10.1 Å². The number of hydrogen-bond donors (Lipinski definition) is 1. The molecule has 0 atom stereocenters. The Morgan fingerprint density at radius 2 is 2.17 bits per heavy atom. The van der Waals surface area contributed by atoms with Crippen LogP contribution in [0.5, 0.6) is 0 Å². The molecule has 0 saturated heterocycles. The summed E-state index contributed by atoms with van der Waals surface area (Å²) in [5.41, 5.74) is 1.65. The van der Waals surface area contributed by atoms with Gasteiger partial charge in [-0.2, -0.15) is 0 Å². The van der Waals surface area contributed by atoms with E-state index in [2.05, 4.69) is 5.32 Å². The summed E-state index contributed by atoms with van der Waals surface area (Å²) in [6.07, 6.45) is 0. The van der Waals surface area contributed by atoms with Crippen molar-refractivity contribution in [2.45, 2.75) is 6.54 Å². The maximum atomic E-state index is 13.4. The Morgan fingerprint density at radius 3 is 2.89 bits per heavy atom. The first kappa shape index (κ1) is 13.0. The highest BCUT2D eigenvalue weighted by Crippen LogP contribution is 2.23. The fourth-order valence-corrected chi connectivity index (χ4v) is 2.02. The van der Waals surface area contributed by atoms with Crippen LogP contribution >= 0.6 is 0 Å². The third kappa shape index (κ3) is 2.86. The quantitative estimate of drug-likeness (QED) is 0.864. The van der Waals surface area contributed by atoms with Crippen LogP contribution in [0.2, 0.25) is 0 Å². The minimum Gasteiger partial charge on any atom is -0.310 e. The summed E-state index contributed by atoms with van der Waals surface area (Å²) in [5.74, 6) is -0.320. The number of nitrogens with one attached hydrogen (secondary N) is 1. The second-order valence-electron chi connectivity index (χ2n) is 4.73. The topological polar surface area (TPSA) is 35.6 Å². The smallest absolute Gasteiger partial charge is 0.241 e. The molecule has 18 heavy (non-hydrogen) atoms. The van der Waals surface area contributed by atoms with Gasteiger partial charge in [0, 0.05) is 19.6 Å².